The van der Waals surface area contributed by atoms with Crippen LogP contribution in [0.25, 0.3) is 10.9 Å². The maximum Gasteiger partial charge on any atom is 0.295 e. The summed E-state index contributed by atoms with van der Waals surface area (Å²) in [5, 5.41) is 20.5. The number of piperidine rings is 1. The summed E-state index contributed by atoms with van der Waals surface area (Å²) in [6, 6.07) is 18.4. The molecule has 172 valence electrons. The first-order valence-electron chi connectivity index (χ1n) is 11.3. The van der Waals surface area contributed by atoms with Crippen LogP contribution in [0.3, 0.4) is 0 Å². The van der Waals surface area contributed by atoms with E-state index in [0.29, 0.717) is 17.3 Å². The number of benzene rings is 2. The molecule has 1 aliphatic rings. The molecule has 4 aromatic rings. The van der Waals surface area contributed by atoms with Crippen molar-refractivity contribution in [2.75, 3.05) is 6.54 Å². The highest BCUT2D eigenvalue weighted by Crippen LogP contribution is 2.40. The van der Waals surface area contributed by atoms with Crippen molar-refractivity contribution in [2.24, 2.45) is 10.2 Å². The number of carbonyl (C=O) groups excluding carboxylic acids is 1. The van der Waals surface area contributed by atoms with Gasteiger partial charge in [0.1, 0.15) is 0 Å². The molecule has 0 bridgehead atoms. The Morgan fingerprint density at radius 1 is 1.09 bits per heavy atom. The van der Waals surface area contributed by atoms with Crippen molar-refractivity contribution in [3.05, 3.63) is 89.2 Å². The summed E-state index contributed by atoms with van der Waals surface area (Å²) < 4.78 is 1.84. The van der Waals surface area contributed by atoms with Gasteiger partial charge in [-0.15, -0.1) is 10.2 Å². The van der Waals surface area contributed by atoms with E-state index >= 15 is 0 Å². The van der Waals surface area contributed by atoms with Gasteiger partial charge in [0, 0.05) is 41.0 Å². The zero-order valence-corrected chi connectivity index (χ0v) is 19.3. The smallest absolute Gasteiger partial charge is 0.295 e. The Labute approximate surface area is 202 Å². The van der Waals surface area contributed by atoms with Crippen molar-refractivity contribution >= 4 is 34.1 Å². The average molecular weight is 474 g/mol. The van der Waals surface area contributed by atoms with Crippen LogP contribution in [0, 0.1) is 0 Å². The lowest BCUT2D eigenvalue weighted by Gasteiger charge is -2.36. The summed E-state index contributed by atoms with van der Waals surface area (Å²) in [7, 11) is 0. The molecule has 2 aromatic carbocycles. The van der Waals surface area contributed by atoms with E-state index in [-0.39, 0.29) is 17.6 Å². The summed E-state index contributed by atoms with van der Waals surface area (Å²) in [4.78, 5) is 19.1. The number of pyridine rings is 1. The fourth-order valence-corrected chi connectivity index (χ4v) is 4.68. The zero-order chi connectivity index (χ0) is 23.5. The number of halogens is 1. The van der Waals surface area contributed by atoms with Gasteiger partial charge in [0.05, 0.1) is 12.2 Å². The number of likely N-dealkylation sites (tertiary alicyclic amines) is 1. The molecule has 1 N–H and O–H groups in total. The molecule has 0 radical (unpaired) electrons. The van der Waals surface area contributed by atoms with Crippen LogP contribution in [0.1, 0.15) is 41.2 Å². The molecule has 1 atom stereocenters. The molecular formula is C26H24ClN5O2. The van der Waals surface area contributed by atoms with Gasteiger partial charge in [0.25, 0.3) is 5.91 Å². The topological polar surface area (TPSA) is 83.1 Å². The fourth-order valence-electron chi connectivity index (χ4n) is 4.55. The second-order valence-corrected chi connectivity index (χ2v) is 8.82. The van der Waals surface area contributed by atoms with E-state index in [1.54, 1.807) is 30.5 Å². The number of amides is 1. The average Bonchev–Trinajstić information content (AvgIpc) is 3.14. The minimum absolute atomic E-state index is 0.00985. The van der Waals surface area contributed by atoms with E-state index in [0.717, 1.165) is 36.7 Å². The highest BCUT2D eigenvalue weighted by atomic mass is 35.5. The molecule has 1 amide bonds. The van der Waals surface area contributed by atoms with Crippen LogP contribution in [0.2, 0.25) is 5.02 Å². The Balaban J connectivity index is 1.47. The number of aromatic nitrogens is 2. The third-order valence-electron chi connectivity index (χ3n) is 6.26. The highest BCUT2D eigenvalue weighted by Gasteiger charge is 2.26. The number of rotatable bonds is 5. The number of para-hydroxylation sites is 1. The van der Waals surface area contributed by atoms with Gasteiger partial charge in [-0.05, 0) is 54.8 Å². The Kier molecular flexibility index (Phi) is 6.38. The first kappa shape index (κ1) is 22.3. The normalized spacial score (nSPS) is 16.9. The zero-order valence-electron chi connectivity index (χ0n) is 18.5. The Morgan fingerprint density at radius 3 is 2.71 bits per heavy atom. The number of hydrogen-bond donors (Lipinski definition) is 1. The van der Waals surface area contributed by atoms with E-state index in [9.17, 15) is 9.90 Å². The lowest BCUT2D eigenvalue weighted by Crippen LogP contribution is -2.34. The second-order valence-electron chi connectivity index (χ2n) is 8.38. The van der Waals surface area contributed by atoms with Gasteiger partial charge in [0.15, 0.2) is 5.69 Å². The number of aromatic hydroxyl groups is 1. The summed E-state index contributed by atoms with van der Waals surface area (Å²) in [5.74, 6) is -0.509. The minimum atomic E-state index is -0.499. The van der Waals surface area contributed by atoms with Gasteiger partial charge in [-0.25, -0.2) is 0 Å². The number of nitrogens with zero attached hydrogens (tertiary/aromatic N) is 5. The van der Waals surface area contributed by atoms with Crippen molar-refractivity contribution in [2.45, 2.75) is 32.0 Å². The van der Waals surface area contributed by atoms with Crippen LogP contribution >= 0.6 is 11.6 Å². The van der Waals surface area contributed by atoms with Crippen LogP contribution in [0.5, 0.6) is 5.88 Å². The molecule has 5 rings (SSSR count). The first-order chi connectivity index (χ1) is 16.6. The minimum Gasteiger partial charge on any atom is -0.493 e. The third-order valence-corrected chi connectivity index (χ3v) is 6.51. The molecule has 0 saturated carbocycles. The molecule has 1 unspecified atom stereocenters. The Hall–Kier alpha value is -3.55. The molecule has 34 heavy (non-hydrogen) atoms. The maximum absolute atomic E-state index is 12.5. The summed E-state index contributed by atoms with van der Waals surface area (Å²) >= 11 is 5.90. The summed E-state index contributed by atoms with van der Waals surface area (Å²) in [6.45, 7) is 1.41. The predicted molar refractivity (Wildman–Crippen MR) is 131 cm³/mol. The van der Waals surface area contributed by atoms with Gasteiger partial charge < -0.3 is 5.11 Å². The van der Waals surface area contributed by atoms with Crippen molar-refractivity contribution in [1.29, 1.82) is 0 Å². The molecule has 0 aliphatic carbocycles. The quantitative estimate of drug-likeness (QED) is 0.335. The fraction of sp³-hybridized carbons (Fsp3) is 0.231. The van der Waals surface area contributed by atoms with Crippen LogP contribution in [0.15, 0.2) is 83.3 Å². The molecule has 3 heterocycles. The predicted octanol–water partition coefficient (Wildman–Crippen LogP) is 6.50. The van der Waals surface area contributed by atoms with Crippen LogP contribution in [-0.4, -0.2) is 32.0 Å². The largest absolute Gasteiger partial charge is 0.493 e. The van der Waals surface area contributed by atoms with Crippen molar-refractivity contribution < 1.29 is 9.90 Å². The second kappa shape index (κ2) is 9.75. The van der Waals surface area contributed by atoms with E-state index in [2.05, 4.69) is 26.2 Å². The molecular weight excluding hydrogens is 450 g/mol. The summed E-state index contributed by atoms with van der Waals surface area (Å²) in [6.07, 6.45) is 6.98. The van der Waals surface area contributed by atoms with Gasteiger partial charge >= 0.3 is 0 Å². The van der Waals surface area contributed by atoms with Crippen molar-refractivity contribution in [3.8, 4) is 5.88 Å². The summed E-state index contributed by atoms with van der Waals surface area (Å²) in [5.41, 5.74) is 2.67. The molecule has 7 nitrogen and oxygen atoms in total. The van der Waals surface area contributed by atoms with Gasteiger partial charge in [0.2, 0.25) is 5.88 Å². The van der Waals surface area contributed by atoms with E-state index < -0.39 is 5.91 Å². The standard InChI is InChI=1S/C26H24ClN5O2/c27-20-12-10-18(11-13-20)25(33)30-29-24-21-7-1-2-9-23(21)32(26(24)34)17-31-15-4-3-8-22(31)19-6-5-14-28-16-19/h1-2,5-7,9-14,16,22,34H,3-4,8,15,17H2. The van der Waals surface area contributed by atoms with Crippen LogP contribution in [0.4, 0.5) is 5.69 Å². The van der Waals surface area contributed by atoms with E-state index in [4.69, 9.17) is 11.6 Å². The van der Waals surface area contributed by atoms with Crippen LogP contribution in [-0.2, 0) is 6.67 Å². The molecule has 0 spiro atoms. The Morgan fingerprint density at radius 2 is 1.91 bits per heavy atom. The number of fused-ring (bicyclic) bond motifs is 1. The highest BCUT2D eigenvalue weighted by molar-refractivity contribution is 6.30. The molecule has 8 heteroatoms. The monoisotopic (exact) mass is 473 g/mol. The number of carbonyl (C=O) groups is 1. The first-order valence-corrected chi connectivity index (χ1v) is 11.7. The molecule has 1 saturated heterocycles. The number of hydrogen-bond acceptors (Lipinski definition) is 5. The van der Waals surface area contributed by atoms with Gasteiger partial charge in [-0.1, -0.05) is 42.3 Å². The maximum atomic E-state index is 12.5. The molecule has 2 aromatic heterocycles. The van der Waals surface area contributed by atoms with Gasteiger partial charge in [-0.3, -0.25) is 19.2 Å². The molecule has 1 fully saturated rings. The SMILES string of the molecule is O=C(N=Nc1c(O)n(CN2CCCCC2c2cccnc2)c2ccccc12)c1ccc(Cl)cc1. The van der Waals surface area contributed by atoms with Crippen molar-refractivity contribution in [3.63, 3.8) is 0 Å². The Bertz CT molecular complexity index is 1330. The lowest BCUT2D eigenvalue weighted by molar-refractivity contribution is 0.0995. The third kappa shape index (κ3) is 4.44. The lowest BCUT2D eigenvalue weighted by atomic mass is 9.97. The van der Waals surface area contributed by atoms with Crippen molar-refractivity contribution in [1.82, 2.24) is 14.5 Å². The van der Waals surface area contributed by atoms with Gasteiger partial charge in [-0.2, -0.15) is 0 Å². The number of azo groups is 1. The molecule has 1 aliphatic heterocycles. The van der Waals surface area contributed by atoms with E-state index in [1.165, 1.54) is 5.56 Å². The van der Waals surface area contributed by atoms with Crippen LogP contribution < -0.4 is 0 Å². The van der Waals surface area contributed by atoms with E-state index in [1.807, 2.05) is 41.1 Å².